The SMILES string of the molecule is Cc1ccc(OCCCNc2ncnc(N)c2Cl)cc1. The Kier molecular flexibility index (Phi) is 5.01. The summed E-state index contributed by atoms with van der Waals surface area (Å²) in [6.07, 6.45) is 2.21. The maximum atomic E-state index is 5.97. The molecule has 0 atom stereocenters. The number of benzene rings is 1. The van der Waals surface area contributed by atoms with Crippen molar-refractivity contribution in [2.75, 3.05) is 24.2 Å². The largest absolute Gasteiger partial charge is 0.494 e. The molecule has 2 aromatic rings. The number of aromatic nitrogens is 2. The van der Waals surface area contributed by atoms with Gasteiger partial charge < -0.3 is 15.8 Å². The topological polar surface area (TPSA) is 73.1 Å². The second-order valence-corrected chi connectivity index (χ2v) is 4.74. The fourth-order valence-corrected chi connectivity index (χ4v) is 1.77. The van der Waals surface area contributed by atoms with Crippen molar-refractivity contribution in [2.24, 2.45) is 0 Å². The third-order valence-electron chi connectivity index (χ3n) is 2.72. The molecule has 0 bridgehead atoms. The molecule has 0 aliphatic heterocycles. The van der Waals surface area contributed by atoms with Gasteiger partial charge in [-0.3, -0.25) is 0 Å². The van der Waals surface area contributed by atoms with E-state index >= 15 is 0 Å². The zero-order chi connectivity index (χ0) is 14.4. The Morgan fingerprint density at radius 2 is 2.00 bits per heavy atom. The summed E-state index contributed by atoms with van der Waals surface area (Å²) in [5.41, 5.74) is 6.81. The lowest BCUT2D eigenvalue weighted by Gasteiger charge is -2.09. The van der Waals surface area contributed by atoms with Crippen LogP contribution in [0.15, 0.2) is 30.6 Å². The van der Waals surface area contributed by atoms with Gasteiger partial charge in [-0.15, -0.1) is 0 Å². The van der Waals surface area contributed by atoms with Gasteiger partial charge in [-0.2, -0.15) is 0 Å². The molecule has 2 rings (SSSR count). The van der Waals surface area contributed by atoms with Crippen LogP contribution in [0.2, 0.25) is 5.02 Å². The average Bonchev–Trinajstić information content (AvgIpc) is 2.45. The highest BCUT2D eigenvalue weighted by Crippen LogP contribution is 2.22. The van der Waals surface area contributed by atoms with Crippen LogP contribution in [0.1, 0.15) is 12.0 Å². The average molecular weight is 293 g/mol. The van der Waals surface area contributed by atoms with Crippen molar-refractivity contribution in [1.29, 1.82) is 0 Å². The lowest BCUT2D eigenvalue weighted by atomic mass is 10.2. The second-order valence-electron chi connectivity index (χ2n) is 4.36. The maximum absolute atomic E-state index is 5.97. The summed E-state index contributed by atoms with van der Waals surface area (Å²) in [4.78, 5) is 7.83. The van der Waals surface area contributed by atoms with Crippen LogP contribution in [0.3, 0.4) is 0 Å². The molecule has 0 saturated heterocycles. The number of nitrogens with one attached hydrogen (secondary N) is 1. The summed E-state index contributed by atoms with van der Waals surface area (Å²) in [6, 6.07) is 7.98. The van der Waals surface area contributed by atoms with Crippen LogP contribution in [0.5, 0.6) is 5.75 Å². The number of hydrogen-bond donors (Lipinski definition) is 2. The molecule has 5 nitrogen and oxygen atoms in total. The van der Waals surface area contributed by atoms with Gasteiger partial charge in [0.05, 0.1) is 6.61 Å². The van der Waals surface area contributed by atoms with Crippen molar-refractivity contribution in [2.45, 2.75) is 13.3 Å². The number of anilines is 2. The molecule has 0 saturated carbocycles. The summed E-state index contributed by atoms with van der Waals surface area (Å²) in [5, 5.41) is 3.46. The standard InChI is InChI=1S/C14H17ClN4O/c1-10-3-5-11(6-4-10)20-8-2-7-17-14-12(15)13(16)18-9-19-14/h3-6,9H,2,7-8H2,1H3,(H3,16,17,18,19). The molecule has 0 radical (unpaired) electrons. The van der Waals surface area contributed by atoms with Crippen LogP contribution >= 0.6 is 11.6 Å². The van der Waals surface area contributed by atoms with E-state index in [1.165, 1.54) is 11.9 Å². The van der Waals surface area contributed by atoms with Crippen LogP contribution in [0, 0.1) is 6.92 Å². The molecule has 0 aliphatic carbocycles. The van der Waals surface area contributed by atoms with Gasteiger partial charge in [0.15, 0.2) is 0 Å². The van der Waals surface area contributed by atoms with Crippen molar-refractivity contribution in [1.82, 2.24) is 9.97 Å². The van der Waals surface area contributed by atoms with Gasteiger partial charge in [-0.25, -0.2) is 9.97 Å². The minimum absolute atomic E-state index is 0.278. The van der Waals surface area contributed by atoms with Gasteiger partial charge in [0.1, 0.15) is 28.7 Å². The quantitative estimate of drug-likeness (QED) is 0.801. The van der Waals surface area contributed by atoms with Crippen LogP contribution in [0.25, 0.3) is 0 Å². The fraction of sp³-hybridized carbons (Fsp3) is 0.286. The minimum Gasteiger partial charge on any atom is -0.494 e. The summed E-state index contributed by atoms with van der Waals surface area (Å²) < 4.78 is 5.62. The Balaban J connectivity index is 1.71. The third-order valence-corrected chi connectivity index (χ3v) is 3.09. The van der Waals surface area contributed by atoms with Crippen LogP contribution < -0.4 is 15.8 Å². The molecule has 0 fully saturated rings. The predicted molar refractivity (Wildman–Crippen MR) is 81.2 cm³/mol. The first-order valence-electron chi connectivity index (χ1n) is 6.36. The maximum Gasteiger partial charge on any atom is 0.150 e. The van der Waals surface area contributed by atoms with E-state index in [9.17, 15) is 0 Å². The molecule has 3 N–H and O–H groups in total. The monoisotopic (exact) mass is 292 g/mol. The van der Waals surface area contributed by atoms with Crippen molar-refractivity contribution in [3.63, 3.8) is 0 Å². The first kappa shape index (κ1) is 14.4. The number of nitrogens with two attached hydrogens (primary N) is 1. The summed E-state index contributed by atoms with van der Waals surface area (Å²) in [5.74, 6) is 1.70. The normalized spacial score (nSPS) is 10.3. The molecule has 1 aromatic heterocycles. The lowest BCUT2D eigenvalue weighted by Crippen LogP contribution is -2.09. The number of rotatable bonds is 6. The minimum atomic E-state index is 0.278. The van der Waals surface area contributed by atoms with E-state index in [0.717, 1.165) is 12.2 Å². The molecule has 1 heterocycles. The van der Waals surface area contributed by atoms with Crippen LogP contribution in [-0.4, -0.2) is 23.1 Å². The van der Waals surface area contributed by atoms with E-state index in [-0.39, 0.29) is 5.82 Å². The van der Waals surface area contributed by atoms with E-state index < -0.39 is 0 Å². The Morgan fingerprint density at radius 1 is 1.25 bits per heavy atom. The molecule has 106 valence electrons. The number of hydrogen-bond acceptors (Lipinski definition) is 5. The Labute approximate surface area is 123 Å². The van der Waals surface area contributed by atoms with E-state index in [2.05, 4.69) is 15.3 Å². The van der Waals surface area contributed by atoms with Gasteiger partial charge in [0, 0.05) is 6.54 Å². The highest BCUT2D eigenvalue weighted by molar-refractivity contribution is 6.35. The van der Waals surface area contributed by atoms with Crippen molar-refractivity contribution < 1.29 is 4.74 Å². The van der Waals surface area contributed by atoms with Gasteiger partial charge in [-0.05, 0) is 25.5 Å². The molecular formula is C14H17ClN4O. The van der Waals surface area contributed by atoms with Crippen LogP contribution in [0.4, 0.5) is 11.6 Å². The highest BCUT2D eigenvalue weighted by atomic mass is 35.5. The van der Waals surface area contributed by atoms with Crippen molar-refractivity contribution in [3.05, 3.63) is 41.2 Å². The number of ether oxygens (including phenoxy) is 1. The van der Waals surface area contributed by atoms with Gasteiger partial charge >= 0.3 is 0 Å². The number of nitrogens with zero attached hydrogens (tertiary/aromatic N) is 2. The first-order chi connectivity index (χ1) is 9.66. The predicted octanol–water partition coefficient (Wildman–Crippen LogP) is 2.90. The molecule has 20 heavy (non-hydrogen) atoms. The third kappa shape index (κ3) is 3.99. The lowest BCUT2D eigenvalue weighted by molar-refractivity contribution is 0.315. The number of nitrogen functional groups attached to an aromatic ring is 1. The first-order valence-corrected chi connectivity index (χ1v) is 6.74. The van der Waals surface area contributed by atoms with E-state index in [0.29, 0.717) is 24.0 Å². The number of aryl methyl sites for hydroxylation is 1. The zero-order valence-electron chi connectivity index (χ0n) is 11.3. The molecule has 0 aliphatic rings. The Bertz CT molecular complexity index is 560. The number of halogens is 1. The zero-order valence-corrected chi connectivity index (χ0v) is 12.0. The summed E-state index contributed by atoms with van der Waals surface area (Å²) >= 11 is 5.97. The second kappa shape index (κ2) is 6.96. The van der Waals surface area contributed by atoms with Crippen LogP contribution in [-0.2, 0) is 0 Å². The van der Waals surface area contributed by atoms with E-state index in [4.69, 9.17) is 22.1 Å². The highest BCUT2D eigenvalue weighted by Gasteiger charge is 2.05. The van der Waals surface area contributed by atoms with Gasteiger partial charge in [0.2, 0.25) is 0 Å². The van der Waals surface area contributed by atoms with Gasteiger partial charge in [-0.1, -0.05) is 29.3 Å². The summed E-state index contributed by atoms with van der Waals surface area (Å²) in [7, 11) is 0. The molecular weight excluding hydrogens is 276 g/mol. The smallest absolute Gasteiger partial charge is 0.150 e. The van der Waals surface area contributed by atoms with Gasteiger partial charge in [0.25, 0.3) is 0 Å². The van der Waals surface area contributed by atoms with Crippen molar-refractivity contribution in [3.8, 4) is 5.75 Å². The fourth-order valence-electron chi connectivity index (χ4n) is 1.61. The molecule has 0 spiro atoms. The summed E-state index contributed by atoms with van der Waals surface area (Å²) in [6.45, 7) is 3.36. The van der Waals surface area contributed by atoms with Crippen molar-refractivity contribution >= 4 is 23.2 Å². The molecule has 6 heteroatoms. The Morgan fingerprint density at radius 3 is 2.75 bits per heavy atom. The molecule has 0 unspecified atom stereocenters. The van der Waals surface area contributed by atoms with E-state index in [1.807, 2.05) is 31.2 Å². The molecule has 0 amide bonds. The molecule has 1 aromatic carbocycles. The Hall–Kier alpha value is -2.01. The van der Waals surface area contributed by atoms with E-state index in [1.54, 1.807) is 0 Å².